The molecular weight excluding hydrogens is 292 g/mol. The van der Waals surface area contributed by atoms with Crippen LogP contribution < -0.4 is 10.1 Å². The normalized spacial score (nSPS) is 24.7. The molecule has 126 valence electrons. The summed E-state index contributed by atoms with van der Waals surface area (Å²) in [6.45, 7) is 2.55. The third kappa shape index (κ3) is 4.24. The van der Waals surface area contributed by atoms with Gasteiger partial charge in [0.2, 0.25) is 5.91 Å². The summed E-state index contributed by atoms with van der Waals surface area (Å²) in [6, 6.07) is 7.94. The largest absolute Gasteiger partial charge is 0.497 e. The Kier molecular flexibility index (Phi) is 5.51. The van der Waals surface area contributed by atoms with E-state index in [9.17, 15) is 4.79 Å². The van der Waals surface area contributed by atoms with Crippen molar-refractivity contribution in [3.05, 3.63) is 24.3 Å². The fourth-order valence-electron chi connectivity index (χ4n) is 3.60. The van der Waals surface area contributed by atoms with Crippen molar-refractivity contribution in [1.29, 1.82) is 0 Å². The highest BCUT2D eigenvalue weighted by Gasteiger charge is 2.33. The number of hydrogen-bond acceptors (Lipinski definition) is 4. The third-order valence-electron chi connectivity index (χ3n) is 4.85. The fraction of sp³-hybridized carbons (Fsp3) is 0.611. The van der Waals surface area contributed by atoms with E-state index in [0.29, 0.717) is 18.6 Å². The summed E-state index contributed by atoms with van der Waals surface area (Å²) in [5.74, 6) is 0.855. The zero-order chi connectivity index (χ0) is 16.1. The van der Waals surface area contributed by atoms with E-state index in [2.05, 4.69) is 10.2 Å². The van der Waals surface area contributed by atoms with Gasteiger partial charge in [-0.3, -0.25) is 9.69 Å². The first-order valence-corrected chi connectivity index (χ1v) is 8.56. The Morgan fingerprint density at radius 2 is 2.09 bits per heavy atom. The number of fused-ring (bicyclic) bond motifs is 1. The van der Waals surface area contributed by atoms with Crippen LogP contribution in [0.2, 0.25) is 0 Å². The fourth-order valence-corrected chi connectivity index (χ4v) is 3.60. The molecule has 2 aliphatic rings. The molecule has 0 spiro atoms. The molecule has 0 radical (unpaired) electrons. The Hall–Kier alpha value is -1.59. The number of ether oxygens (including phenoxy) is 2. The maximum absolute atomic E-state index is 12.2. The lowest BCUT2D eigenvalue weighted by Gasteiger charge is -2.43. The minimum absolute atomic E-state index is 0.0639. The minimum atomic E-state index is 0.0639. The molecule has 1 saturated carbocycles. The second-order valence-corrected chi connectivity index (χ2v) is 6.32. The predicted molar refractivity (Wildman–Crippen MR) is 89.8 cm³/mol. The summed E-state index contributed by atoms with van der Waals surface area (Å²) in [5, 5.41) is 2.95. The van der Waals surface area contributed by atoms with Gasteiger partial charge in [-0.25, -0.2) is 0 Å². The van der Waals surface area contributed by atoms with Gasteiger partial charge in [-0.2, -0.15) is 0 Å². The van der Waals surface area contributed by atoms with Gasteiger partial charge < -0.3 is 14.8 Å². The Bertz CT molecular complexity index is 516. The van der Waals surface area contributed by atoms with Gasteiger partial charge in [-0.15, -0.1) is 0 Å². The number of benzene rings is 1. The first-order chi connectivity index (χ1) is 11.3. The number of methoxy groups -OCH3 is 1. The van der Waals surface area contributed by atoms with Crippen LogP contribution in [0.5, 0.6) is 5.75 Å². The van der Waals surface area contributed by atoms with Crippen LogP contribution in [0.15, 0.2) is 24.3 Å². The summed E-state index contributed by atoms with van der Waals surface area (Å²) in [6.07, 6.45) is 5.81. The zero-order valence-corrected chi connectivity index (χ0v) is 13.8. The van der Waals surface area contributed by atoms with Crippen molar-refractivity contribution >= 4 is 11.6 Å². The van der Waals surface area contributed by atoms with E-state index in [-0.39, 0.29) is 5.91 Å². The maximum atomic E-state index is 12.2. The van der Waals surface area contributed by atoms with Gasteiger partial charge in [0.1, 0.15) is 5.75 Å². The van der Waals surface area contributed by atoms with Crippen molar-refractivity contribution in [2.24, 2.45) is 0 Å². The van der Waals surface area contributed by atoms with Gasteiger partial charge in [0.15, 0.2) is 0 Å². The standard InChI is InChI=1S/C18H26N2O3/c1-22-15-8-6-14(7-9-15)19-18(21)10-11-20-12-13-23-17-5-3-2-4-16(17)20/h6-9,16-17H,2-5,10-13H2,1H3,(H,19,21)/t16-,17+/m1/s1. The second kappa shape index (κ2) is 7.79. The van der Waals surface area contributed by atoms with Crippen LogP contribution in [0, 0.1) is 0 Å². The minimum Gasteiger partial charge on any atom is -0.497 e. The Balaban J connectivity index is 1.47. The molecule has 3 rings (SSSR count). The van der Waals surface area contributed by atoms with E-state index in [0.717, 1.165) is 31.1 Å². The summed E-state index contributed by atoms with van der Waals surface area (Å²) >= 11 is 0. The molecule has 1 N–H and O–H groups in total. The number of nitrogens with one attached hydrogen (secondary N) is 1. The number of morpholine rings is 1. The molecule has 0 unspecified atom stereocenters. The molecule has 1 heterocycles. The molecule has 0 aromatic heterocycles. The van der Waals surface area contributed by atoms with Crippen molar-refractivity contribution in [2.45, 2.75) is 44.2 Å². The van der Waals surface area contributed by atoms with Crippen LogP contribution in [0.1, 0.15) is 32.1 Å². The SMILES string of the molecule is COc1ccc(NC(=O)CCN2CCO[C@H]3CCCC[C@H]32)cc1. The summed E-state index contributed by atoms with van der Waals surface area (Å²) in [7, 11) is 1.63. The maximum Gasteiger partial charge on any atom is 0.225 e. The average molecular weight is 318 g/mol. The van der Waals surface area contributed by atoms with Gasteiger partial charge in [-0.05, 0) is 37.1 Å². The van der Waals surface area contributed by atoms with Gasteiger partial charge in [0, 0.05) is 31.2 Å². The van der Waals surface area contributed by atoms with Crippen molar-refractivity contribution in [1.82, 2.24) is 4.90 Å². The average Bonchev–Trinajstić information content (AvgIpc) is 2.60. The monoisotopic (exact) mass is 318 g/mol. The van der Waals surface area contributed by atoms with Crippen LogP contribution in [-0.4, -0.2) is 49.8 Å². The molecule has 2 atom stereocenters. The number of carbonyl (C=O) groups is 1. The molecule has 1 aliphatic carbocycles. The molecule has 1 amide bonds. The molecule has 2 fully saturated rings. The Labute approximate surface area is 137 Å². The van der Waals surface area contributed by atoms with Crippen molar-refractivity contribution in [3.8, 4) is 5.75 Å². The van der Waals surface area contributed by atoms with Gasteiger partial charge >= 0.3 is 0 Å². The number of amides is 1. The highest BCUT2D eigenvalue weighted by atomic mass is 16.5. The number of carbonyl (C=O) groups excluding carboxylic acids is 1. The Morgan fingerprint density at radius 3 is 2.87 bits per heavy atom. The van der Waals surface area contributed by atoms with Crippen molar-refractivity contribution in [2.75, 3.05) is 32.1 Å². The number of rotatable bonds is 5. The van der Waals surface area contributed by atoms with E-state index in [1.54, 1.807) is 7.11 Å². The summed E-state index contributed by atoms with van der Waals surface area (Å²) in [5.41, 5.74) is 0.813. The Morgan fingerprint density at radius 1 is 1.30 bits per heavy atom. The molecule has 1 aromatic rings. The van der Waals surface area contributed by atoms with Crippen LogP contribution in [0.3, 0.4) is 0 Å². The highest BCUT2D eigenvalue weighted by Crippen LogP contribution is 2.28. The van der Waals surface area contributed by atoms with E-state index in [4.69, 9.17) is 9.47 Å². The van der Waals surface area contributed by atoms with E-state index in [1.165, 1.54) is 25.7 Å². The van der Waals surface area contributed by atoms with Crippen LogP contribution in [0.4, 0.5) is 5.69 Å². The molecule has 23 heavy (non-hydrogen) atoms. The number of nitrogens with zero attached hydrogens (tertiary/aromatic N) is 1. The number of hydrogen-bond donors (Lipinski definition) is 1. The van der Waals surface area contributed by atoms with Crippen LogP contribution in [0.25, 0.3) is 0 Å². The topological polar surface area (TPSA) is 50.8 Å². The van der Waals surface area contributed by atoms with Crippen LogP contribution in [-0.2, 0) is 9.53 Å². The summed E-state index contributed by atoms with van der Waals surface area (Å²) in [4.78, 5) is 14.6. The molecule has 1 saturated heterocycles. The van der Waals surface area contributed by atoms with Gasteiger partial charge in [0.05, 0.1) is 19.8 Å². The van der Waals surface area contributed by atoms with Crippen molar-refractivity contribution in [3.63, 3.8) is 0 Å². The lowest BCUT2D eigenvalue weighted by Crippen LogP contribution is -2.53. The van der Waals surface area contributed by atoms with E-state index in [1.807, 2.05) is 24.3 Å². The molecule has 0 bridgehead atoms. The summed E-state index contributed by atoms with van der Waals surface area (Å²) < 4.78 is 11.0. The first-order valence-electron chi connectivity index (χ1n) is 8.56. The molecule has 1 aromatic carbocycles. The predicted octanol–water partition coefficient (Wildman–Crippen LogP) is 2.67. The molecule has 1 aliphatic heterocycles. The van der Waals surface area contributed by atoms with Crippen LogP contribution >= 0.6 is 0 Å². The quantitative estimate of drug-likeness (QED) is 0.907. The zero-order valence-electron chi connectivity index (χ0n) is 13.8. The molecule has 5 heteroatoms. The lowest BCUT2D eigenvalue weighted by molar-refractivity contribution is -0.118. The van der Waals surface area contributed by atoms with E-state index >= 15 is 0 Å². The number of anilines is 1. The second-order valence-electron chi connectivity index (χ2n) is 6.32. The molecule has 5 nitrogen and oxygen atoms in total. The highest BCUT2D eigenvalue weighted by molar-refractivity contribution is 5.90. The van der Waals surface area contributed by atoms with Crippen molar-refractivity contribution < 1.29 is 14.3 Å². The first kappa shape index (κ1) is 16.3. The van der Waals surface area contributed by atoms with Gasteiger partial charge in [-0.1, -0.05) is 12.8 Å². The smallest absolute Gasteiger partial charge is 0.225 e. The lowest BCUT2D eigenvalue weighted by atomic mass is 9.90. The van der Waals surface area contributed by atoms with E-state index < -0.39 is 0 Å². The third-order valence-corrected chi connectivity index (χ3v) is 4.85. The van der Waals surface area contributed by atoms with Gasteiger partial charge in [0.25, 0.3) is 0 Å². The molecular formula is C18H26N2O3.